The van der Waals surface area contributed by atoms with E-state index in [0.717, 1.165) is 17.7 Å². The number of carbonyl (C=O) groups is 1. The Bertz CT molecular complexity index is 800. The van der Waals surface area contributed by atoms with Gasteiger partial charge in [-0.1, -0.05) is 12.1 Å². The van der Waals surface area contributed by atoms with E-state index in [1.54, 1.807) is 30.3 Å². The number of ether oxygens (including phenoxy) is 2. The summed E-state index contributed by atoms with van der Waals surface area (Å²) >= 11 is 0. The van der Waals surface area contributed by atoms with E-state index in [4.69, 9.17) is 9.47 Å². The van der Waals surface area contributed by atoms with Crippen molar-refractivity contribution in [1.29, 1.82) is 0 Å². The van der Waals surface area contributed by atoms with Crippen molar-refractivity contribution in [3.63, 3.8) is 0 Å². The molecule has 0 radical (unpaired) electrons. The van der Waals surface area contributed by atoms with Crippen LogP contribution in [0, 0.1) is 0 Å². The van der Waals surface area contributed by atoms with Crippen LogP contribution in [-0.4, -0.2) is 36.1 Å². The van der Waals surface area contributed by atoms with Crippen molar-refractivity contribution in [3.8, 4) is 11.5 Å². The van der Waals surface area contributed by atoms with Gasteiger partial charge in [-0.25, -0.2) is 0 Å². The van der Waals surface area contributed by atoms with Gasteiger partial charge < -0.3 is 18.9 Å². The smallest absolute Gasteiger partial charge is 0.293 e. The summed E-state index contributed by atoms with van der Waals surface area (Å²) in [5, 5.41) is 0. The fourth-order valence-corrected chi connectivity index (χ4v) is 2.91. The predicted octanol–water partition coefficient (Wildman–Crippen LogP) is 1.84. The molecule has 0 saturated carbocycles. The van der Waals surface area contributed by atoms with Crippen LogP contribution in [0.15, 0.2) is 47.4 Å². The van der Waals surface area contributed by atoms with Crippen LogP contribution in [-0.2, 0) is 11.3 Å². The first kappa shape index (κ1) is 16.1. The third-order valence-corrected chi connectivity index (χ3v) is 4.33. The summed E-state index contributed by atoms with van der Waals surface area (Å²) in [4.78, 5) is 26.5. The second-order valence-electron chi connectivity index (χ2n) is 5.68. The van der Waals surface area contributed by atoms with Crippen molar-refractivity contribution in [2.24, 2.45) is 0 Å². The van der Waals surface area contributed by atoms with E-state index in [1.807, 2.05) is 24.3 Å². The maximum Gasteiger partial charge on any atom is 0.293 e. The zero-order chi connectivity index (χ0) is 17.1. The lowest BCUT2D eigenvalue weighted by Crippen LogP contribution is -2.47. The molecule has 126 valence electrons. The Balaban J connectivity index is 1.75. The SMILES string of the molecule is COc1cccc([C@H]2CCN2C(=O)Cn2cccc(OC)c2=O)c1. The van der Waals surface area contributed by atoms with E-state index in [1.165, 1.54) is 11.7 Å². The van der Waals surface area contributed by atoms with Gasteiger partial charge in [0.15, 0.2) is 5.75 Å². The van der Waals surface area contributed by atoms with E-state index in [9.17, 15) is 9.59 Å². The number of amides is 1. The van der Waals surface area contributed by atoms with Crippen molar-refractivity contribution >= 4 is 5.91 Å². The lowest BCUT2D eigenvalue weighted by molar-refractivity contribution is -0.139. The summed E-state index contributed by atoms with van der Waals surface area (Å²) < 4.78 is 11.6. The molecule has 24 heavy (non-hydrogen) atoms. The molecule has 0 unspecified atom stereocenters. The minimum atomic E-state index is -0.299. The number of likely N-dealkylation sites (tertiary alicyclic amines) is 1. The molecular weight excluding hydrogens is 308 g/mol. The maximum absolute atomic E-state index is 12.6. The van der Waals surface area contributed by atoms with Crippen molar-refractivity contribution in [2.45, 2.75) is 19.0 Å². The highest BCUT2D eigenvalue weighted by molar-refractivity contribution is 5.77. The van der Waals surface area contributed by atoms with Crippen LogP contribution in [0.2, 0.25) is 0 Å². The van der Waals surface area contributed by atoms with E-state index >= 15 is 0 Å². The Kier molecular flexibility index (Phi) is 4.55. The van der Waals surface area contributed by atoms with Gasteiger partial charge in [0.25, 0.3) is 5.56 Å². The minimum Gasteiger partial charge on any atom is -0.497 e. The molecule has 1 aromatic carbocycles. The third-order valence-electron chi connectivity index (χ3n) is 4.33. The van der Waals surface area contributed by atoms with Gasteiger partial charge in [0.2, 0.25) is 5.91 Å². The molecular formula is C18H20N2O4. The van der Waals surface area contributed by atoms with Crippen LogP contribution in [0.25, 0.3) is 0 Å². The fraction of sp³-hybridized carbons (Fsp3) is 0.333. The van der Waals surface area contributed by atoms with Crippen molar-refractivity contribution in [3.05, 3.63) is 58.5 Å². The highest BCUT2D eigenvalue weighted by atomic mass is 16.5. The Morgan fingerprint density at radius 3 is 2.71 bits per heavy atom. The molecule has 6 heteroatoms. The summed E-state index contributed by atoms with van der Waals surface area (Å²) in [5.41, 5.74) is 0.749. The van der Waals surface area contributed by atoms with Crippen LogP contribution in [0.4, 0.5) is 0 Å². The van der Waals surface area contributed by atoms with Gasteiger partial charge in [-0.2, -0.15) is 0 Å². The van der Waals surface area contributed by atoms with Crippen LogP contribution in [0.1, 0.15) is 18.0 Å². The quantitative estimate of drug-likeness (QED) is 0.840. The second kappa shape index (κ2) is 6.78. The van der Waals surface area contributed by atoms with E-state index in [2.05, 4.69) is 0 Å². The molecule has 0 N–H and O–H groups in total. The molecule has 2 aromatic rings. The number of rotatable bonds is 5. The van der Waals surface area contributed by atoms with E-state index in [0.29, 0.717) is 6.54 Å². The summed E-state index contributed by atoms with van der Waals surface area (Å²) in [5.74, 6) is 0.929. The van der Waals surface area contributed by atoms with E-state index in [-0.39, 0.29) is 29.8 Å². The largest absolute Gasteiger partial charge is 0.497 e. The van der Waals surface area contributed by atoms with Gasteiger partial charge in [0.05, 0.1) is 20.3 Å². The zero-order valence-corrected chi connectivity index (χ0v) is 13.8. The molecule has 3 rings (SSSR count). The van der Waals surface area contributed by atoms with Gasteiger partial charge in [-0.3, -0.25) is 9.59 Å². The zero-order valence-electron chi connectivity index (χ0n) is 13.8. The molecule has 1 fully saturated rings. The number of hydrogen-bond acceptors (Lipinski definition) is 4. The lowest BCUT2D eigenvalue weighted by atomic mass is 9.94. The molecule has 0 aliphatic carbocycles. The summed E-state index contributed by atoms with van der Waals surface area (Å²) in [6.45, 7) is 0.704. The molecule has 0 bridgehead atoms. The molecule has 1 amide bonds. The molecule has 1 aliphatic rings. The van der Waals surface area contributed by atoms with Crippen molar-refractivity contribution < 1.29 is 14.3 Å². The highest BCUT2D eigenvalue weighted by Crippen LogP contribution is 2.34. The van der Waals surface area contributed by atoms with Crippen LogP contribution in [0.3, 0.4) is 0 Å². The number of pyridine rings is 1. The van der Waals surface area contributed by atoms with Gasteiger partial charge >= 0.3 is 0 Å². The molecule has 0 spiro atoms. The first-order chi connectivity index (χ1) is 11.6. The van der Waals surface area contributed by atoms with Gasteiger partial charge in [-0.05, 0) is 36.2 Å². The highest BCUT2D eigenvalue weighted by Gasteiger charge is 2.33. The Hall–Kier alpha value is -2.76. The average molecular weight is 328 g/mol. The van der Waals surface area contributed by atoms with Crippen LogP contribution in [0.5, 0.6) is 11.5 Å². The Morgan fingerprint density at radius 2 is 2.04 bits per heavy atom. The number of methoxy groups -OCH3 is 2. The Morgan fingerprint density at radius 1 is 1.21 bits per heavy atom. The van der Waals surface area contributed by atoms with Gasteiger partial charge in [0.1, 0.15) is 12.3 Å². The monoisotopic (exact) mass is 328 g/mol. The number of hydrogen-bond donors (Lipinski definition) is 0. The molecule has 6 nitrogen and oxygen atoms in total. The van der Waals surface area contributed by atoms with Crippen LogP contribution < -0.4 is 15.0 Å². The summed E-state index contributed by atoms with van der Waals surface area (Å²) in [7, 11) is 3.06. The maximum atomic E-state index is 12.6. The van der Waals surface area contributed by atoms with Crippen molar-refractivity contribution in [1.82, 2.24) is 9.47 Å². The van der Waals surface area contributed by atoms with E-state index < -0.39 is 0 Å². The second-order valence-corrected chi connectivity index (χ2v) is 5.68. The number of aromatic nitrogens is 1. The normalized spacial score (nSPS) is 16.4. The predicted molar refractivity (Wildman–Crippen MR) is 89.3 cm³/mol. The molecule has 1 aliphatic heterocycles. The first-order valence-corrected chi connectivity index (χ1v) is 7.81. The first-order valence-electron chi connectivity index (χ1n) is 7.81. The Labute approximate surface area is 140 Å². The summed E-state index contributed by atoms with van der Waals surface area (Å²) in [6.07, 6.45) is 2.51. The lowest BCUT2D eigenvalue weighted by Gasteiger charge is -2.41. The number of benzene rings is 1. The number of carbonyl (C=O) groups excluding carboxylic acids is 1. The fourth-order valence-electron chi connectivity index (χ4n) is 2.91. The minimum absolute atomic E-state index is 0.0104. The summed E-state index contributed by atoms with van der Waals surface area (Å²) in [6, 6.07) is 11.1. The molecule has 1 atom stereocenters. The standard InChI is InChI=1S/C18H20N2O4/c1-23-14-6-3-5-13(11-14)15-8-10-20(15)17(21)12-19-9-4-7-16(24-2)18(19)22/h3-7,9,11,15H,8,10,12H2,1-2H3/t15-/m1/s1. The van der Waals surface area contributed by atoms with Gasteiger partial charge in [0, 0.05) is 12.7 Å². The molecule has 2 heterocycles. The van der Waals surface area contributed by atoms with Crippen molar-refractivity contribution in [2.75, 3.05) is 20.8 Å². The molecule has 1 saturated heterocycles. The number of nitrogens with zero attached hydrogens (tertiary/aromatic N) is 2. The molecule has 1 aromatic heterocycles. The third kappa shape index (κ3) is 2.99. The topological polar surface area (TPSA) is 60.8 Å². The van der Waals surface area contributed by atoms with Gasteiger partial charge in [-0.15, -0.1) is 0 Å². The average Bonchev–Trinajstić information content (AvgIpc) is 2.56. The van der Waals surface area contributed by atoms with Crippen LogP contribution >= 0.6 is 0 Å².